The second-order valence-corrected chi connectivity index (χ2v) is 11.3. The van der Waals surface area contributed by atoms with Gasteiger partial charge in [0.25, 0.3) is 0 Å². The summed E-state index contributed by atoms with van der Waals surface area (Å²) in [5, 5.41) is 2.93. The number of rotatable bonds is 7. The molecule has 1 aliphatic heterocycles. The van der Waals surface area contributed by atoms with Gasteiger partial charge in [0.1, 0.15) is 6.61 Å². The summed E-state index contributed by atoms with van der Waals surface area (Å²) in [7, 11) is -0.605. The molecule has 3 aromatic rings. The summed E-state index contributed by atoms with van der Waals surface area (Å²) in [5.41, 5.74) is 13.5. The van der Waals surface area contributed by atoms with Crippen molar-refractivity contribution in [1.82, 2.24) is 5.32 Å². The van der Waals surface area contributed by atoms with Crippen LogP contribution in [0.15, 0.2) is 72.2 Å². The predicted octanol–water partition coefficient (Wildman–Crippen LogP) is 6.38. The lowest BCUT2D eigenvalue weighted by molar-refractivity contribution is 0.00578. The van der Waals surface area contributed by atoms with E-state index in [4.69, 9.17) is 19.8 Å². The summed E-state index contributed by atoms with van der Waals surface area (Å²) in [6.45, 7) is 10.6. The molecule has 6 nitrogen and oxygen atoms in total. The Morgan fingerprint density at radius 1 is 0.974 bits per heavy atom. The van der Waals surface area contributed by atoms with E-state index in [0.717, 1.165) is 28.7 Å². The van der Waals surface area contributed by atoms with Crippen LogP contribution < -0.4 is 11.1 Å². The Hall–Kier alpha value is -3.55. The zero-order valence-corrected chi connectivity index (χ0v) is 23.4. The molecule has 1 fully saturated rings. The molecule has 3 aromatic carbocycles. The van der Waals surface area contributed by atoms with Crippen molar-refractivity contribution in [2.45, 2.75) is 58.2 Å². The van der Waals surface area contributed by atoms with E-state index in [1.165, 1.54) is 22.3 Å². The zero-order valence-electron chi connectivity index (χ0n) is 23.4. The molecule has 0 saturated carbocycles. The van der Waals surface area contributed by atoms with Gasteiger partial charge in [-0.25, -0.2) is 4.79 Å². The van der Waals surface area contributed by atoms with Gasteiger partial charge in [0, 0.05) is 18.2 Å². The van der Waals surface area contributed by atoms with Crippen LogP contribution in [0.2, 0.25) is 0 Å². The van der Waals surface area contributed by atoms with Gasteiger partial charge in [-0.2, -0.15) is 0 Å². The van der Waals surface area contributed by atoms with Gasteiger partial charge in [-0.15, -0.1) is 0 Å². The molecule has 0 unspecified atom stereocenters. The van der Waals surface area contributed by atoms with Crippen LogP contribution in [-0.4, -0.2) is 37.6 Å². The molecule has 0 atom stereocenters. The topological polar surface area (TPSA) is 82.8 Å². The van der Waals surface area contributed by atoms with Crippen LogP contribution in [0.3, 0.4) is 0 Å². The van der Waals surface area contributed by atoms with E-state index in [2.05, 4.69) is 42.6 Å². The maximum absolute atomic E-state index is 12.9. The van der Waals surface area contributed by atoms with Gasteiger partial charge in [-0.05, 0) is 85.1 Å². The van der Waals surface area contributed by atoms with E-state index in [-0.39, 0.29) is 19.1 Å². The molecular formula is C32H37BN2O4. The predicted molar refractivity (Wildman–Crippen MR) is 157 cm³/mol. The van der Waals surface area contributed by atoms with Crippen LogP contribution in [0.1, 0.15) is 62.8 Å². The molecular weight excluding hydrogens is 487 g/mol. The number of alkyl carbamates (subject to hydrolysis) is 1. The molecule has 1 amide bonds. The summed E-state index contributed by atoms with van der Waals surface area (Å²) in [6, 6.07) is 22.5. The minimum absolute atomic E-state index is 0.00324. The number of nitrogen functional groups attached to an aromatic ring is 1. The molecule has 2 aliphatic rings. The zero-order chi connectivity index (χ0) is 27.8. The molecule has 1 heterocycles. The quantitative estimate of drug-likeness (QED) is 0.277. The monoisotopic (exact) mass is 524 g/mol. The Morgan fingerprint density at radius 2 is 1.56 bits per heavy atom. The minimum Gasteiger partial charge on any atom is -0.449 e. The molecule has 3 N–H and O–H groups in total. The van der Waals surface area contributed by atoms with Crippen LogP contribution >= 0.6 is 0 Å². The number of anilines is 1. The normalized spacial score (nSPS) is 17.6. The summed E-state index contributed by atoms with van der Waals surface area (Å²) in [4.78, 5) is 12.9. The number of carbonyl (C=O) groups is 1. The Labute approximate surface area is 231 Å². The summed E-state index contributed by atoms with van der Waals surface area (Å²) in [6.07, 6.45) is 2.35. The van der Waals surface area contributed by atoms with E-state index in [9.17, 15) is 4.79 Å². The molecule has 0 radical (unpaired) electrons. The number of aryl methyl sites for hydroxylation is 1. The van der Waals surface area contributed by atoms with Crippen molar-refractivity contribution in [2.24, 2.45) is 0 Å². The highest BCUT2D eigenvalue weighted by Crippen LogP contribution is 2.44. The van der Waals surface area contributed by atoms with Crippen LogP contribution in [-0.2, 0) is 20.5 Å². The first kappa shape index (κ1) is 27.0. The lowest BCUT2D eigenvalue weighted by Crippen LogP contribution is -2.41. The van der Waals surface area contributed by atoms with Gasteiger partial charge in [0.05, 0.1) is 11.2 Å². The lowest BCUT2D eigenvalue weighted by Gasteiger charge is -2.32. The minimum atomic E-state index is -0.605. The van der Waals surface area contributed by atoms with Crippen molar-refractivity contribution in [2.75, 3.05) is 18.9 Å². The molecule has 1 aliphatic carbocycles. The van der Waals surface area contributed by atoms with Crippen molar-refractivity contribution >= 4 is 25.0 Å². The van der Waals surface area contributed by atoms with Gasteiger partial charge in [-0.1, -0.05) is 67.6 Å². The lowest BCUT2D eigenvalue weighted by atomic mass is 9.77. The van der Waals surface area contributed by atoms with Crippen LogP contribution in [0.4, 0.5) is 10.5 Å². The summed E-state index contributed by atoms with van der Waals surface area (Å²) in [5.74, 6) is 0.00324. The number of ether oxygens (including phenoxy) is 1. The highest BCUT2D eigenvalue weighted by atomic mass is 16.7. The highest BCUT2D eigenvalue weighted by Gasteiger charge is 2.52. The number of nitrogens with two attached hydrogens (primary N) is 1. The van der Waals surface area contributed by atoms with Gasteiger partial charge in [0.15, 0.2) is 0 Å². The molecule has 7 heteroatoms. The van der Waals surface area contributed by atoms with E-state index in [0.29, 0.717) is 0 Å². The first-order valence-electron chi connectivity index (χ1n) is 13.6. The second-order valence-electron chi connectivity index (χ2n) is 11.3. The van der Waals surface area contributed by atoms with Gasteiger partial charge in [-0.3, -0.25) is 0 Å². The fourth-order valence-corrected chi connectivity index (χ4v) is 5.26. The SMILES string of the molecule is CCc1cc(C=C(CNC(=O)OCC2c3ccccc3-c3ccccc32)B2OC(C)(C)C(C)(C)O2)ccc1N. The van der Waals surface area contributed by atoms with E-state index >= 15 is 0 Å². The number of nitrogens with one attached hydrogen (secondary N) is 1. The van der Waals surface area contributed by atoms with Gasteiger partial charge >= 0.3 is 13.2 Å². The average Bonchev–Trinajstić information content (AvgIpc) is 3.35. The molecule has 1 saturated heterocycles. The van der Waals surface area contributed by atoms with E-state index in [1.54, 1.807) is 0 Å². The molecule has 5 rings (SSSR count). The number of amides is 1. The Morgan fingerprint density at radius 3 is 2.15 bits per heavy atom. The summed E-state index contributed by atoms with van der Waals surface area (Å²) < 4.78 is 18.4. The number of fused-ring (bicyclic) bond motifs is 3. The number of hydrogen-bond acceptors (Lipinski definition) is 5. The smallest absolute Gasteiger partial charge is 0.449 e. The first-order valence-corrected chi connectivity index (χ1v) is 13.6. The number of benzene rings is 3. The van der Waals surface area contributed by atoms with Crippen molar-refractivity contribution in [3.63, 3.8) is 0 Å². The van der Waals surface area contributed by atoms with E-state index in [1.807, 2.05) is 70.2 Å². The van der Waals surface area contributed by atoms with Crippen LogP contribution in [0.25, 0.3) is 17.2 Å². The maximum Gasteiger partial charge on any atom is 0.492 e. The van der Waals surface area contributed by atoms with Crippen LogP contribution in [0, 0.1) is 0 Å². The first-order chi connectivity index (χ1) is 18.6. The fourth-order valence-electron chi connectivity index (χ4n) is 5.26. The average molecular weight is 524 g/mol. The standard InChI is InChI=1S/C32H37BN2O4/c1-6-22-17-21(15-16-29(22)34)18-23(33-38-31(2,3)32(4,5)39-33)19-35-30(36)37-20-28-26-13-9-7-11-24(26)25-12-8-10-14-27(25)28/h7-18,28H,6,19-20,34H2,1-5H3,(H,35,36). The molecule has 0 spiro atoms. The second kappa shape index (κ2) is 10.6. The Bertz CT molecular complexity index is 1350. The van der Waals surface area contributed by atoms with Crippen LogP contribution in [0.5, 0.6) is 0 Å². The third-order valence-corrected chi connectivity index (χ3v) is 8.24. The van der Waals surface area contributed by atoms with Crippen molar-refractivity contribution in [1.29, 1.82) is 0 Å². The number of hydrogen-bond donors (Lipinski definition) is 2. The Balaban J connectivity index is 1.31. The third-order valence-electron chi connectivity index (χ3n) is 8.24. The highest BCUT2D eigenvalue weighted by molar-refractivity contribution is 6.56. The maximum atomic E-state index is 12.9. The third kappa shape index (κ3) is 5.34. The van der Waals surface area contributed by atoms with Crippen molar-refractivity contribution < 1.29 is 18.8 Å². The van der Waals surface area contributed by atoms with Gasteiger partial charge in [0.2, 0.25) is 0 Å². The molecule has 202 valence electrons. The fraction of sp³-hybridized carbons (Fsp3) is 0.344. The Kier molecular flexibility index (Phi) is 7.32. The largest absolute Gasteiger partial charge is 0.492 e. The molecule has 0 bridgehead atoms. The van der Waals surface area contributed by atoms with Crippen molar-refractivity contribution in [3.05, 3.63) is 94.5 Å². The van der Waals surface area contributed by atoms with Crippen molar-refractivity contribution in [3.8, 4) is 11.1 Å². The molecule has 0 aromatic heterocycles. The van der Waals surface area contributed by atoms with E-state index < -0.39 is 24.4 Å². The number of carbonyl (C=O) groups excluding carboxylic acids is 1. The summed E-state index contributed by atoms with van der Waals surface area (Å²) >= 11 is 0. The molecule has 39 heavy (non-hydrogen) atoms. The van der Waals surface area contributed by atoms with Gasteiger partial charge < -0.3 is 25.1 Å².